The molecule has 0 spiro atoms. The van der Waals surface area contributed by atoms with Crippen LogP contribution in [0.5, 0.6) is 0 Å². The number of unbranched alkanes of at least 4 members (excludes halogenated alkanes) is 2. The molecule has 0 aliphatic carbocycles. The molecular weight excluding hydrogens is 178 g/mol. The molecule has 1 rings (SSSR count). The first-order chi connectivity index (χ1) is 6.84. The van der Waals surface area contributed by atoms with Crippen molar-refractivity contribution in [2.45, 2.75) is 38.1 Å². The van der Waals surface area contributed by atoms with Gasteiger partial charge in [-0.3, -0.25) is 4.79 Å². The van der Waals surface area contributed by atoms with Gasteiger partial charge in [-0.2, -0.15) is 0 Å². The van der Waals surface area contributed by atoms with Crippen LogP contribution < -0.4 is 16.4 Å². The summed E-state index contributed by atoms with van der Waals surface area (Å²) < 4.78 is 0. The van der Waals surface area contributed by atoms with E-state index in [0.717, 1.165) is 51.7 Å². The van der Waals surface area contributed by atoms with Crippen molar-refractivity contribution in [2.24, 2.45) is 5.73 Å². The second-order valence-corrected chi connectivity index (χ2v) is 3.79. The van der Waals surface area contributed by atoms with Crippen molar-refractivity contribution in [2.75, 3.05) is 19.6 Å². The minimum Gasteiger partial charge on any atom is -0.355 e. The lowest BCUT2D eigenvalue weighted by Crippen LogP contribution is -2.40. The van der Waals surface area contributed by atoms with Crippen LogP contribution in [0.25, 0.3) is 0 Å². The highest BCUT2D eigenvalue weighted by molar-refractivity contribution is 5.81. The quantitative estimate of drug-likeness (QED) is 0.527. The standard InChI is InChI=1S/C10H21N3O/c11-6-2-1-3-7-13-10(14)9-5-4-8-12-9/h9,12H,1-8,11H2,(H,13,14). The third kappa shape index (κ3) is 4.07. The molecule has 1 fully saturated rings. The summed E-state index contributed by atoms with van der Waals surface area (Å²) in [6.45, 7) is 2.51. The first-order valence-electron chi connectivity index (χ1n) is 5.56. The molecule has 4 N–H and O–H groups in total. The van der Waals surface area contributed by atoms with E-state index in [2.05, 4.69) is 10.6 Å². The maximum atomic E-state index is 11.5. The maximum Gasteiger partial charge on any atom is 0.237 e. The van der Waals surface area contributed by atoms with Gasteiger partial charge < -0.3 is 16.4 Å². The summed E-state index contributed by atoms with van der Waals surface area (Å²) in [5.41, 5.74) is 5.37. The largest absolute Gasteiger partial charge is 0.355 e. The van der Waals surface area contributed by atoms with Crippen LogP contribution in [-0.4, -0.2) is 31.6 Å². The molecule has 4 heteroatoms. The third-order valence-corrected chi connectivity index (χ3v) is 2.56. The fourth-order valence-corrected chi connectivity index (χ4v) is 1.69. The van der Waals surface area contributed by atoms with Crippen molar-refractivity contribution in [3.63, 3.8) is 0 Å². The van der Waals surface area contributed by atoms with Crippen molar-refractivity contribution < 1.29 is 4.79 Å². The average Bonchev–Trinajstić information content (AvgIpc) is 2.70. The number of amides is 1. The van der Waals surface area contributed by atoms with E-state index in [1.807, 2.05) is 0 Å². The Bertz CT molecular complexity index is 167. The Labute approximate surface area is 85.6 Å². The number of hydrogen-bond donors (Lipinski definition) is 3. The molecule has 1 aliphatic rings. The molecule has 1 saturated heterocycles. The predicted octanol–water partition coefficient (Wildman–Crippen LogP) is -0.0164. The van der Waals surface area contributed by atoms with Gasteiger partial charge in [0.1, 0.15) is 0 Å². The maximum absolute atomic E-state index is 11.5. The van der Waals surface area contributed by atoms with Crippen molar-refractivity contribution in [1.29, 1.82) is 0 Å². The van der Waals surface area contributed by atoms with Crippen molar-refractivity contribution in [3.05, 3.63) is 0 Å². The van der Waals surface area contributed by atoms with Crippen LogP contribution in [0, 0.1) is 0 Å². The van der Waals surface area contributed by atoms with Crippen LogP contribution in [0.3, 0.4) is 0 Å². The molecular formula is C10H21N3O. The van der Waals surface area contributed by atoms with Crippen LogP contribution in [0.1, 0.15) is 32.1 Å². The Morgan fingerprint density at radius 3 is 2.93 bits per heavy atom. The number of nitrogens with two attached hydrogens (primary N) is 1. The zero-order chi connectivity index (χ0) is 10.2. The Morgan fingerprint density at radius 1 is 1.43 bits per heavy atom. The summed E-state index contributed by atoms with van der Waals surface area (Å²) in [6, 6.07) is 0.0597. The second-order valence-electron chi connectivity index (χ2n) is 3.79. The van der Waals surface area contributed by atoms with Crippen LogP contribution in [0.2, 0.25) is 0 Å². The normalized spacial score (nSPS) is 21.1. The minimum atomic E-state index is 0.0597. The van der Waals surface area contributed by atoms with Gasteiger partial charge in [-0.25, -0.2) is 0 Å². The Kier molecular flexibility index (Phi) is 5.56. The SMILES string of the molecule is NCCCCCNC(=O)C1CCCN1. The first kappa shape index (κ1) is 11.5. The van der Waals surface area contributed by atoms with Gasteiger partial charge in [0.15, 0.2) is 0 Å². The molecule has 0 radical (unpaired) electrons. The van der Waals surface area contributed by atoms with E-state index in [1.165, 1.54) is 0 Å². The first-order valence-corrected chi connectivity index (χ1v) is 5.56. The van der Waals surface area contributed by atoms with Crippen LogP contribution in [0.15, 0.2) is 0 Å². The molecule has 1 heterocycles. The number of rotatable bonds is 6. The summed E-state index contributed by atoms with van der Waals surface area (Å²) in [5, 5.41) is 6.12. The lowest BCUT2D eigenvalue weighted by molar-refractivity contribution is -0.122. The summed E-state index contributed by atoms with van der Waals surface area (Å²) in [4.78, 5) is 11.5. The van der Waals surface area contributed by atoms with E-state index in [9.17, 15) is 4.79 Å². The monoisotopic (exact) mass is 199 g/mol. The number of carbonyl (C=O) groups excluding carboxylic acids is 1. The Balaban J connectivity index is 1.97. The van der Waals surface area contributed by atoms with E-state index < -0.39 is 0 Å². The molecule has 0 saturated carbocycles. The molecule has 82 valence electrons. The molecule has 1 unspecified atom stereocenters. The third-order valence-electron chi connectivity index (χ3n) is 2.56. The summed E-state index contributed by atoms with van der Waals surface area (Å²) in [7, 11) is 0. The van der Waals surface area contributed by atoms with Gasteiger partial charge in [0.2, 0.25) is 5.91 Å². The lowest BCUT2D eigenvalue weighted by atomic mass is 10.2. The molecule has 4 nitrogen and oxygen atoms in total. The minimum absolute atomic E-state index is 0.0597. The fourth-order valence-electron chi connectivity index (χ4n) is 1.69. The van der Waals surface area contributed by atoms with E-state index in [-0.39, 0.29) is 11.9 Å². The Hall–Kier alpha value is -0.610. The van der Waals surface area contributed by atoms with E-state index in [4.69, 9.17) is 5.73 Å². The predicted molar refractivity (Wildman–Crippen MR) is 56.9 cm³/mol. The van der Waals surface area contributed by atoms with Gasteiger partial charge in [-0.15, -0.1) is 0 Å². The van der Waals surface area contributed by atoms with Crippen LogP contribution >= 0.6 is 0 Å². The van der Waals surface area contributed by atoms with Gasteiger partial charge in [-0.1, -0.05) is 6.42 Å². The van der Waals surface area contributed by atoms with Gasteiger partial charge in [0, 0.05) is 6.54 Å². The van der Waals surface area contributed by atoms with Crippen molar-refractivity contribution in [1.82, 2.24) is 10.6 Å². The Morgan fingerprint density at radius 2 is 2.29 bits per heavy atom. The number of nitrogens with one attached hydrogen (secondary N) is 2. The topological polar surface area (TPSA) is 67.1 Å². The highest BCUT2D eigenvalue weighted by Crippen LogP contribution is 2.04. The highest BCUT2D eigenvalue weighted by Gasteiger charge is 2.20. The summed E-state index contributed by atoms with van der Waals surface area (Å²) >= 11 is 0. The van der Waals surface area contributed by atoms with Gasteiger partial charge >= 0.3 is 0 Å². The van der Waals surface area contributed by atoms with Crippen LogP contribution in [0.4, 0.5) is 0 Å². The van der Waals surface area contributed by atoms with E-state index >= 15 is 0 Å². The van der Waals surface area contributed by atoms with Crippen molar-refractivity contribution >= 4 is 5.91 Å². The summed E-state index contributed by atoms with van der Waals surface area (Å²) in [6.07, 6.45) is 5.29. The molecule has 14 heavy (non-hydrogen) atoms. The second kappa shape index (κ2) is 6.79. The highest BCUT2D eigenvalue weighted by atomic mass is 16.2. The fraction of sp³-hybridized carbons (Fsp3) is 0.900. The molecule has 1 atom stereocenters. The summed E-state index contributed by atoms with van der Waals surface area (Å²) in [5.74, 6) is 0.162. The lowest BCUT2D eigenvalue weighted by Gasteiger charge is -2.10. The molecule has 0 aromatic heterocycles. The smallest absolute Gasteiger partial charge is 0.237 e. The van der Waals surface area contributed by atoms with Crippen molar-refractivity contribution in [3.8, 4) is 0 Å². The number of hydrogen-bond acceptors (Lipinski definition) is 3. The average molecular weight is 199 g/mol. The van der Waals surface area contributed by atoms with Gasteiger partial charge in [0.25, 0.3) is 0 Å². The van der Waals surface area contributed by atoms with Gasteiger partial charge in [-0.05, 0) is 38.8 Å². The van der Waals surface area contributed by atoms with Crippen LogP contribution in [-0.2, 0) is 4.79 Å². The van der Waals surface area contributed by atoms with Gasteiger partial charge in [0.05, 0.1) is 6.04 Å². The molecule has 0 aromatic carbocycles. The molecule has 1 aliphatic heterocycles. The molecule has 0 aromatic rings. The number of carbonyl (C=O) groups is 1. The zero-order valence-electron chi connectivity index (χ0n) is 8.72. The van der Waals surface area contributed by atoms with E-state index in [1.54, 1.807) is 0 Å². The molecule has 0 bridgehead atoms. The van der Waals surface area contributed by atoms with E-state index in [0.29, 0.717) is 0 Å². The molecule has 1 amide bonds. The zero-order valence-corrected chi connectivity index (χ0v) is 8.72.